The van der Waals surface area contributed by atoms with Gasteiger partial charge in [0.05, 0.1) is 6.04 Å². The molecule has 1 unspecified atom stereocenters. The van der Waals surface area contributed by atoms with Crippen molar-refractivity contribution in [3.63, 3.8) is 0 Å². The number of benzene rings is 1. The molecule has 0 saturated carbocycles. The van der Waals surface area contributed by atoms with Crippen LogP contribution in [0.5, 0.6) is 0 Å². The summed E-state index contributed by atoms with van der Waals surface area (Å²) in [6.07, 6.45) is 5.38. The quantitative estimate of drug-likeness (QED) is 0.679. The summed E-state index contributed by atoms with van der Waals surface area (Å²) in [5.41, 5.74) is 5.45. The minimum atomic E-state index is -0.0372. The fourth-order valence-corrected chi connectivity index (χ4v) is 3.09. The Morgan fingerprint density at radius 3 is 2.71 bits per heavy atom. The first-order valence-corrected chi connectivity index (χ1v) is 7.12. The van der Waals surface area contributed by atoms with Crippen molar-refractivity contribution in [3.8, 4) is 11.1 Å². The third kappa shape index (κ3) is 1.98. The lowest BCUT2D eigenvalue weighted by Gasteiger charge is -2.30. The average Bonchev–Trinajstić information content (AvgIpc) is 2.55. The standard InChI is InChI=1S/C17H12ClN3/c18-17-15-13(7-9-20-17)12-5-1-2-6-14(12)21-16(15)11-4-3-8-19-10-11/h1-10,16,21H. The predicted molar refractivity (Wildman–Crippen MR) is 84.4 cm³/mol. The molecule has 0 saturated heterocycles. The highest BCUT2D eigenvalue weighted by atomic mass is 35.5. The molecule has 3 heterocycles. The van der Waals surface area contributed by atoms with Crippen LogP contribution in [-0.2, 0) is 0 Å². The van der Waals surface area contributed by atoms with Crippen molar-refractivity contribution >= 4 is 17.3 Å². The SMILES string of the molecule is Clc1nccc2c1C(c1cccnc1)Nc1ccccc1-2. The first-order chi connectivity index (χ1) is 10.3. The van der Waals surface area contributed by atoms with Gasteiger partial charge in [-0.15, -0.1) is 0 Å². The molecular weight excluding hydrogens is 282 g/mol. The Hall–Kier alpha value is -2.39. The Labute approximate surface area is 127 Å². The number of rotatable bonds is 1. The first-order valence-electron chi connectivity index (χ1n) is 6.75. The Bertz CT molecular complexity index is 802. The van der Waals surface area contributed by atoms with Crippen LogP contribution in [0.2, 0.25) is 5.15 Å². The van der Waals surface area contributed by atoms with Crippen LogP contribution >= 0.6 is 11.6 Å². The molecule has 1 aliphatic rings. The summed E-state index contributed by atoms with van der Waals surface area (Å²) in [6, 6.07) is 14.2. The molecule has 4 rings (SSSR count). The van der Waals surface area contributed by atoms with Crippen LogP contribution in [0.4, 0.5) is 5.69 Å². The van der Waals surface area contributed by atoms with Crippen LogP contribution < -0.4 is 5.32 Å². The lowest BCUT2D eigenvalue weighted by molar-refractivity contribution is 0.909. The highest BCUT2D eigenvalue weighted by molar-refractivity contribution is 6.30. The average molecular weight is 294 g/mol. The molecule has 4 heteroatoms. The van der Waals surface area contributed by atoms with E-state index in [1.54, 1.807) is 12.4 Å². The van der Waals surface area contributed by atoms with E-state index in [1.807, 2.05) is 36.5 Å². The maximum atomic E-state index is 6.38. The molecule has 0 bridgehead atoms. The molecule has 3 nitrogen and oxygen atoms in total. The van der Waals surface area contributed by atoms with Crippen molar-refractivity contribution < 1.29 is 0 Å². The Balaban J connectivity index is 1.98. The second kappa shape index (κ2) is 4.86. The van der Waals surface area contributed by atoms with Gasteiger partial charge in [0.25, 0.3) is 0 Å². The maximum absolute atomic E-state index is 6.38. The summed E-state index contributed by atoms with van der Waals surface area (Å²) in [5.74, 6) is 0. The molecule has 102 valence electrons. The van der Waals surface area contributed by atoms with Gasteiger partial charge in [-0.1, -0.05) is 35.9 Å². The van der Waals surface area contributed by atoms with E-state index in [0.717, 1.165) is 27.9 Å². The molecule has 0 aliphatic carbocycles. The van der Waals surface area contributed by atoms with Gasteiger partial charge in [-0.2, -0.15) is 0 Å². The van der Waals surface area contributed by atoms with Crippen molar-refractivity contribution in [3.05, 3.63) is 77.3 Å². The summed E-state index contributed by atoms with van der Waals surface area (Å²) in [7, 11) is 0. The Kier molecular flexibility index (Phi) is 2.86. The van der Waals surface area contributed by atoms with E-state index in [4.69, 9.17) is 11.6 Å². The van der Waals surface area contributed by atoms with Gasteiger partial charge < -0.3 is 5.32 Å². The van der Waals surface area contributed by atoms with E-state index in [1.165, 1.54) is 0 Å². The zero-order valence-electron chi connectivity index (χ0n) is 11.1. The zero-order chi connectivity index (χ0) is 14.2. The molecule has 0 fully saturated rings. The third-order valence-electron chi connectivity index (χ3n) is 3.77. The minimum Gasteiger partial charge on any atom is -0.373 e. The molecule has 21 heavy (non-hydrogen) atoms. The number of pyridine rings is 2. The van der Waals surface area contributed by atoms with Gasteiger partial charge in [-0.05, 0) is 29.3 Å². The zero-order valence-corrected chi connectivity index (χ0v) is 11.9. The number of hydrogen-bond acceptors (Lipinski definition) is 3. The number of aromatic nitrogens is 2. The number of fused-ring (bicyclic) bond motifs is 3. The normalized spacial score (nSPS) is 15.8. The molecule has 1 aliphatic heterocycles. The van der Waals surface area contributed by atoms with Gasteiger partial charge in [0.1, 0.15) is 5.15 Å². The van der Waals surface area contributed by atoms with E-state index in [-0.39, 0.29) is 6.04 Å². The van der Waals surface area contributed by atoms with Crippen LogP contribution in [-0.4, -0.2) is 9.97 Å². The molecule has 1 atom stereocenters. The van der Waals surface area contributed by atoms with E-state index >= 15 is 0 Å². The van der Waals surface area contributed by atoms with Gasteiger partial charge in [-0.25, -0.2) is 4.98 Å². The van der Waals surface area contributed by atoms with Gasteiger partial charge in [0.15, 0.2) is 0 Å². The number of nitrogens with zero attached hydrogens (tertiary/aromatic N) is 2. The third-order valence-corrected chi connectivity index (χ3v) is 4.07. The molecule has 0 spiro atoms. The van der Waals surface area contributed by atoms with Gasteiger partial charge in [0.2, 0.25) is 0 Å². The van der Waals surface area contributed by atoms with Crippen molar-refractivity contribution in [1.82, 2.24) is 9.97 Å². The van der Waals surface area contributed by atoms with E-state index in [2.05, 4.69) is 27.4 Å². The fraction of sp³-hybridized carbons (Fsp3) is 0.0588. The van der Waals surface area contributed by atoms with E-state index in [9.17, 15) is 0 Å². The minimum absolute atomic E-state index is 0.0372. The van der Waals surface area contributed by atoms with Crippen LogP contribution in [0.1, 0.15) is 17.2 Å². The topological polar surface area (TPSA) is 37.8 Å². The molecule has 1 aromatic carbocycles. The molecule has 2 aromatic heterocycles. The van der Waals surface area contributed by atoms with Crippen molar-refractivity contribution in [1.29, 1.82) is 0 Å². The first kappa shape index (κ1) is 12.4. The number of para-hydroxylation sites is 1. The van der Waals surface area contributed by atoms with Crippen molar-refractivity contribution in [2.24, 2.45) is 0 Å². The van der Waals surface area contributed by atoms with Crippen LogP contribution in [0, 0.1) is 0 Å². The molecule has 0 amide bonds. The maximum Gasteiger partial charge on any atom is 0.135 e. The lowest BCUT2D eigenvalue weighted by atomic mass is 9.88. The second-order valence-corrected chi connectivity index (χ2v) is 5.33. The number of hydrogen-bond donors (Lipinski definition) is 1. The molecule has 3 aromatic rings. The molecule has 0 radical (unpaired) electrons. The molecule has 1 N–H and O–H groups in total. The number of nitrogens with one attached hydrogen (secondary N) is 1. The van der Waals surface area contributed by atoms with E-state index in [0.29, 0.717) is 5.15 Å². The Morgan fingerprint density at radius 1 is 0.952 bits per heavy atom. The monoisotopic (exact) mass is 293 g/mol. The number of halogens is 1. The number of anilines is 1. The fourth-order valence-electron chi connectivity index (χ4n) is 2.83. The van der Waals surface area contributed by atoms with Crippen LogP contribution in [0.3, 0.4) is 0 Å². The summed E-state index contributed by atoms with van der Waals surface area (Å²) < 4.78 is 0. The largest absolute Gasteiger partial charge is 0.373 e. The molecular formula is C17H12ClN3. The van der Waals surface area contributed by atoms with Crippen LogP contribution in [0.15, 0.2) is 61.1 Å². The van der Waals surface area contributed by atoms with Crippen LogP contribution in [0.25, 0.3) is 11.1 Å². The van der Waals surface area contributed by atoms with Gasteiger partial charge in [0, 0.05) is 35.4 Å². The van der Waals surface area contributed by atoms with Gasteiger partial charge in [-0.3, -0.25) is 4.98 Å². The van der Waals surface area contributed by atoms with Gasteiger partial charge >= 0.3 is 0 Å². The Morgan fingerprint density at radius 2 is 1.86 bits per heavy atom. The van der Waals surface area contributed by atoms with Crippen molar-refractivity contribution in [2.75, 3.05) is 5.32 Å². The highest BCUT2D eigenvalue weighted by Gasteiger charge is 2.27. The van der Waals surface area contributed by atoms with Crippen molar-refractivity contribution in [2.45, 2.75) is 6.04 Å². The summed E-state index contributed by atoms with van der Waals surface area (Å²) in [6.45, 7) is 0. The lowest BCUT2D eigenvalue weighted by Crippen LogP contribution is -2.19. The van der Waals surface area contributed by atoms with E-state index < -0.39 is 0 Å². The smallest absolute Gasteiger partial charge is 0.135 e. The summed E-state index contributed by atoms with van der Waals surface area (Å²) in [4.78, 5) is 8.46. The summed E-state index contributed by atoms with van der Waals surface area (Å²) >= 11 is 6.38. The highest BCUT2D eigenvalue weighted by Crippen LogP contribution is 2.44. The second-order valence-electron chi connectivity index (χ2n) is 4.97. The predicted octanol–water partition coefficient (Wildman–Crippen LogP) is 4.31. The summed E-state index contributed by atoms with van der Waals surface area (Å²) in [5, 5.41) is 4.08.